The van der Waals surface area contributed by atoms with E-state index < -0.39 is 0 Å². The van der Waals surface area contributed by atoms with Gasteiger partial charge >= 0.3 is 0 Å². The number of hydrogen-bond donors (Lipinski definition) is 3. The fourth-order valence-electron chi connectivity index (χ4n) is 3.19. The lowest BCUT2D eigenvalue weighted by atomic mass is 10.1. The van der Waals surface area contributed by atoms with Gasteiger partial charge in [-0.3, -0.25) is 9.36 Å². The number of aliphatic hydroxyl groups excluding tert-OH is 1. The van der Waals surface area contributed by atoms with E-state index in [2.05, 4.69) is 15.6 Å². The lowest BCUT2D eigenvalue weighted by Crippen LogP contribution is -2.17. The zero-order chi connectivity index (χ0) is 19.4. The van der Waals surface area contributed by atoms with Crippen molar-refractivity contribution in [2.24, 2.45) is 0 Å². The van der Waals surface area contributed by atoms with E-state index in [1.165, 1.54) is 0 Å². The Morgan fingerprint density at radius 2 is 2.04 bits per heavy atom. The molecule has 3 rings (SSSR count). The Morgan fingerprint density at radius 1 is 1.22 bits per heavy atom. The summed E-state index contributed by atoms with van der Waals surface area (Å²) in [5.74, 6) is 0.295. The highest BCUT2D eigenvalue weighted by molar-refractivity contribution is 5.97. The van der Waals surface area contributed by atoms with Crippen LogP contribution in [-0.2, 0) is 17.8 Å². The molecule has 27 heavy (non-hydrogen) atoms. The molecule has 0 saturated heterocycles. The third-order valence-corrected chi connectivity index (χ3v) is 4.50. The zero-order valence-electron chi connectivity index (χ0n) is 15.3. The minimum absolute atomic E-state index is 0.188. The summed E-state index contributed by atoms with van der Waals surface area (Å²) in [5, 5.41) is 15.5. The molecular formula is C20H22N4O3. The average Bonchev–Trinajstić information content (AvgIpc) is 3.09. The van der Waals surface area contributed by atoms with Crippen molar-refractivity contribution >= 4 is 28.9 Å². The minimum Gasteiger partial charge on any atom is -0.388 e. The summed E-state index contributed by atoms with van der Waals surface area (Å²) in [7, 11) is 3.42. The molecule has 0 aliphatic rings. The van der Waals surface area contributed by atoms with E-state index in [4.69, 9.17) is 0 Å². The molecule has 0 aliphatic carbocycles. The predicted octanol–water partition coefficient (Wildman–Crippen LogP) is 2.05. The Morgan fingerprint density at radius 3 is 2.70 bits per heavy atom. The van der Waals surface area contributed by atoms with Gasteiger partial charge in [-0.15, -0.1) is 0 Å². The Balaban J connectivity index is 2.15. The van der Waals surface area contributed by atoms with Crippen LogP contribution >= 0.6 is 0 Å². The van der Waals surface area contributed by atoms with Crippen molar-refractivity contribution in [3.63, 3.8) is 0 Å². The molecule has 0 spiro atoms. The van der Waals surface area contributed by atoms with E-state index >= 15 is 0 Å². The summed E-state index contributed by atoms with van der Waals surface area (Å²) in [6.07, 6.45) is 1.96. The standard InChI is InChI=1S/C20H22N4O3/c1-21-16-7-6-15(10-13(16)4-3-9-25)24-18-8-5-14(20(27)22-2)11-17(18)23-19(24)12-26/h5-11,21,26H,3-4,12H2,1-2H3,(H,22,27). The Kier molecular flexibility index (Phi) is 5.52. The van der Waals surface area contributed by atoms with Crippen LogP contribution in [0.5, 0.6) is 0 Å². The van der Waals surface area contributed by atoms with Crippen LogP contribution in [-0.4, -0.2) is 40.9 Å². The molecule has 1 amide bonds. The van der Waals surface area contributed by atoms with Crippen LogP contribution < -0.4 is 10.6 Å². The molecule has 0 saturated carbocycles. The highest BCUT2D eigenvalue weighted by Gasteiger charge is 2.15. The van der Waals surface area contributed by atoms with Gasteiger partial charge in [0, 0.05) is 37.5 Å². The van der Waals surface area contributed by atoms with Crippen molar-refractivity contribution < 1.29 is 14.7 Å². The quantitative estimate of drug-likeness (QED) is 0.556. The van der Waals surface area contributed by atoms with Crippen molar-refractivity contribution in [2.45, 2.75) is 19.4 Å². The first-order valence-electron chi connectivity index (χ1n) is 8.72. The molecule has 3 aromatic rings. The molecule has 1 aromatic heterocycles. The van der Waals surface area contributed by atoms with Gasteiger partial charge in [-0.05, 0) is 48.4 Å². The number of rotatable bonds is 7. The fraction of sp³-hybridized carbons (Fsp3) is 0.250. The van der Waals surface area contributed by atoms with E-state index in [-0.39, 0.29) is 12.5 Å². The number of imidazole rings is 1. The van der Waals surface area contributed by atoms with Crippen molar-refractivity contribution in [3.8, 4) is 5.69 Å². The van der Waals surface area contributed by atoms with Crippen LogP contribution in [0.15, 0.2) is 36.4 Å². The number of carbonyl (C=O) groups excluding carboxylic acids is 2. The topological polar surface area (TPSA) is 96.2 Å². The second-order valence-electron chi connectivity index (χ2n) is 6.10. The molecule has 7 heteroatoms. The van der Waals surface area contributed by atoms with Crippen molar-refractivity contribution in [1.82, 2.24) is 14.9 Å². The van der Waals surface area contributed by atoms with Crippen LogP contribution in [0.1, 0.15) is 28.2 Å². The van der Waals surface area contributed by atoms with Gasteiger partial charge in [-0.1, -0.05) is 0 Å². The highest BCUT2D eigenvalue weighted by Crippen LogP contribution is 2.26. The molecule has 0 radical (unpaired) electrons. The van der Waals surface area contributed by atoms with Gasteiger partial charge < -0.3 is 20.5 Å². The zero-order valence-corrected chi connectivity index (χ0v) is 15.3. The number of nitrogens with zero attached hydrogens (tertiary/aromatic N) is 2. The summed E-state index contributed by atoms with van der Waals surface area (Å²) < 4.78 is 1.87. The third-order valence-electron chi connectivity index (χ3n) is 4.50. The number of aryl methyl sites for hydroxylation is 1. The van der Waals surface area contributed by atoms with Crippen LogP contribution in [0, 0.1) is 0 Å². The Hall–Kier alpha value is -3.19. The van der Waals surface area contributed by atoms with Gasteiger partial charge in [0.15, 0.2) is 0 Å². The number of nitrogens with one attached hydrogen (secondary N) is 2. The molecule has 2 aromatic carbocycles. The molecule has 0 bridgehead atoms. The summed E-state index contributed by atoms with van der Waals surface area (Å²) in [6, 6.07) is 11.1. The number of aromatic nitrogens is 2. The lowest BCUT2D eigenvalue weighted by Gasteiger charge is -2.13. The summed E-state index contributed by atoms with van der Waals surface area (Å²) in [4.78, 5) is 27.1. The molecule has 0 fully saturated rings. The van der Waals surface area contributed by atoms with Crippen LogP contribution in [0.2, 0.25) is 0 Å². The largest absolute Gasteiger partial charge is 0.388 e. The summed E-state index contributed by atoms with van der Waals surface area (Å²) in [6.45, 7) is -0.235. The van der Waals surface area contributed by atoms with Gasteiger partial charge in [-0.25, -0.2) is 4.98 Å². The maximum Gasteiger partial charge on any atom is 0.251 e. The smallest absolute Gasteiger partial charge is 0.251 e. The van der Waals surface area contributed by atoms with Gasteiger partial charge in [-0.2, -0.15) is 0 Å². The molecule has 1 heterocycles. The van der Waals surface area contributed by atoms with Crippen LogP contribution in [0.4, 0.5) is 5.69 Å². The predicted molar refractivity (Wildman–Crippen MR) is 104 cm³/mol. The molecule has 3 N–H and O–H groups in total. The molecular weight excluding hydrogens is 344 g/mol. The van der Waals surface area contributed by atoms with E-state index in [1.54, 1.807) is 19.2 Å². The number of aliphatic hydroxyl groups is 1. The number of amides is 1. The number of anilines is 1. The summed E-state index contributed by atoms with van der Waals surface area (Å²) in [5.41, 5.74) is 4.75. The molecule has 0 aliphatic heterocycles. The normalized spacial score (nSPS) is 10.8. The van der Waals surface area contributed by atoms with Gasteiger partial charge in [0.25, 0.3) is 5.91 Å². The van der Waals surface area contributed by atoms with Gasteiger partial charge in [0.05, 0.1) is 11.0 Å². The van der Waals surface area contributed by atoms with Crippen molar-refractivity contribution in [2.75, 3.05) is 19.4 Å². The first-order chi connectivity index (χ1) is 13.1. The Bertz CT molecular complexity index is 994. The molecule has 140 valence electrons. The summed E-state index contributed by atoms with van der Waals surface area (Å²) >= 11 is 0. The Labute approximate surface area is 157 Å². The maximum atomic E-state index is 11.9. The van der Waals surface area contributed by atoms with Gasteiger partial charge in [0.1, 0.15) is 18.7 Å². The van der Waals surface area contributed by atoms with Crippen molar-refractivity contribution in [1.29, 1.82) is 0 Å². The first kappa shape index (κ1) is 18.6. The van der Waals surface area contributed by atoms with Gasteiger partial charge in [0.2, 0.25) is 0 Å². The SMILES string of the molecule is CNC(=O)c1ccc2c(c1)nc(CO)n2-c1ccc(NC)c(CCC=O)c1. The second kappa shape index (κ2) is 8.01. The third kappa shape index (κ3) is 3.54. The minimum atomic E-state index is -0.235. The van der Waals surface area contributed by atoms with Crippen LogP contribution in [0.25, 0.3) is 16.7 Å². The number of fused-ring (bicyclic) bond motifs is 1. The number of carbonyl (C=O) groups is 2. The average molecular weight is 366 g/mol. The monoisotopic (exact) mass is 366 g/mol. The van der Waals surface area contributed by atoms with E-state index in [0.29, 0.717) is 29.7 Å². The van der Waals surface area contributed by atoms with E-state index in [9.17, 15) is 14.7 Å². The molecule has 0 atom stereocenters. The van der Waals surface area contributed by atoms with E-state index in [1.807, 2.05) is 35.9 Å². The fourth-order valence-corrected chi connectivity index (χ4v) is 3.19. The number of hydrogen-bond acceptors (Lipinski definition) is 5. The number of benzene rings is 2. The van der Waals surface area contributed by atoms with Crippen molar-refractivity contribution in [3.05, 3.63) is 53.3 Å². The molecule has 0 unspecified atom stereocenters. The van der Waals surface area contributed by atoms with Crippen LogP contribution in [0.3, 0.4) is 0 Å². The molecule has 7 nitrogen and oxygen atoms in total. The second-order valence-corrected chi connectivity index (χ2v) is 6.10. The van der Waals surface area contributed by atoms with E-state index in [0.717, 1.165) is 28.7 Å². The first-order valence-corrected chi connectivity index (χ1v) is 8.72. The maximum absolute atomic E-state index is 11.9. The lowest BCUT2D eigenvalue weighted by molar-refractivity contribution is -0.107. The number of aldehydes is 1. The highest BCUT2D eigenvalue weighted by atomic mass is 16.3.